The molecule has 1 aromatic heterocycles. The molecule has 0 aliphatic heterocycles. The van der Waals surface area contributed by atoms with Crippen LogP contribution in [0.3, 0.4) is 0 Å². The van der Waals surface area contributed by atoms with E-state index in [1.807, 2.05) is 19.1 Å². The summed E-state index contributed by atoms with van der Waals surface area (Å²) in [6.07, 6.45) is 8.32. The van der Waals surface area contributed by atoms with E-state index in [1.165, 1.54) is 48.7 Å². The zero-order valence-electron chi connectivity index (χ0n) is 15.6. The quantitative estimate of drug-likeness (QED) is 0.584. The van der Waals surface area contributed by atoms with Crippen molar-refractivity contribution in [1.82, 2.24) is 4.57 Å². The van der Waals surface area contributed by atoms with Crippen LogP contribution in [0.2, 0.25) is 0 Å². The fraction of sp³-hybridized carbons (Fsp3) is 0.545. The monoisotopic (exact) mass is 383 g/mol. The van der Waals surface area contributed by atoms with Crippen molar-refractivity contribution in [3.05, 3.63) is 50.6 Å². The fourth-order valence-corrected chi connectivity index (χ4v) is 6.96. The summed E-state index contributed by atoms with van der Waals surface area (Å²) < 4.78 is 6.93. The number of carbonyl (C=O) groups is 1. The second kappa shape index (κ2) is 6.33. The maximum atomic E-state index is 12.2. The maximum absolute atomic E-state index is 12.2. The molecule has 0 radical (unpaired) electrons. The van der Waals surface area contributed by atoms with Crippen LogP contribution >= 0.6 is 11.3 Å². The molecule has 0 saturated heterocycles. The fourth-order valence-electron chi connectivity index (χ4n) is 6.23. The molecule has 0 unspecified atom stereocenters. The van der Waals surface area contributed by atoms with Gasteiger partial charge in [-0.2, -0.15) is 0 Å². The largest absolute Gasteiger partial charge is 0.425 e. The van der Waals surface area contributed by atoms with Crippen LogP contribution in [0, 0.1) is 24.7 Å². The molecule has 4 aliphatic rings. The zero-order chi connectivity index (χ0) is 18.6. The van der Waals surface area contributed by atoms with Gasteiger partial charge in [-0.05, 0) is 86.3 Å². The van der Waals surface area contributed by atoms with Crippen molar-refractivity contribution >= 4 is 17.3 Å². The molecule has 27 heavy (non-hydrogen) atoms. The standard InChI is InChI=1S/C22H25NO3S/c1-14-13-27-21(25)23(14)12-20(24)26-19-4-2-18(3-5-19)22-9-15-6-16(10-22)8-17(7-15)11-22/h2-5,13,15-17H,6-12H2,1H3. The topological polar surface area (TPSA) is 48.3 Å². The first-order valence-electron chi connectivity index (χ1n) is 9.97. The van der Waals surface area contributed by atoms with Crippen molar-refractivity contribution in [2.75, 3.05) is 0 Å². The van der Waals surface area contributed by atoms with E-state index in [-0.39, 0.29) is 11.4 Å². The van der Waals surface area contributed by atoms with Crippen molar-refractivity contribution in [2.24, 2.45) is 17.8 Å². The highest BCUT2D eigenvalue weighted by Gasteiger charge is 2.51. The molecule has 4 saturated carbocycles. The molecule has 5 heteroatoms. The first kappa shape index (κ1) is 17.2. The Bertz CT molecular complexity index is 888. The van der Waals surface area contributed by atoms with Gasteiger partial charge in [0.05, 0.1) is 0 Å². The molecule has 4 aliphatic carbocycles. The van der Waals surface area contributed by atoms with Gasteiger partial charge in [0.25, 0.3) is 0 Å². The molecule has 4 bridgehead atoms. The van der Waals surface area contributed by atoms with Crippen LogP contribution in [-0.4, -0.2) is 10.5 Å². The van der Waals surface area contributed by atoms with Gasteiger partial charge in [-0.1, -0.05) is 23.5 Å². The summed E-state index contributed by atoms with van der Waals surface area (Å²) >= 11 is 1.11. The van der Waals surface area contributed by atoms with Gasteiger partial charge in [0, 0.05) is 11.1 Å². The molecule has 0 N–H and O–H groups in total. The van der Waals surface area contributed by atoms with Gasteiger partial charge < -0.3 is 4.74 Å². The van der Waals surface area contributed by atoms with Gasteiger partial charge in [0.1, 0.15) is 12.3 Å². The van der Waals surface area contributed by atoms with E-state index in [0.29, 0.717) is 11.2 Å². The summed E-state index contributed by atoms with van der Waals surface area (Å²) in [6, 6.07) is 8.18. The Labute approximate surface area is 163 Å². The van der Waals surface area contributed by atoms with Gasteiger partial charge >= 0.3 is 10.8 Å². The zero-order valence-corrected chi connectivity index (χ0v) is 16.5. The van der Waals surface area contributed by atoms with Crippen LogP contribution in [0.15, 0.2) is 34.4 Å². The van der Waals surface area contributed by atoms with Gasteiger partial charge in [0.2, 0.25) is 0 Å². The maximum Gasteiger partial charge on any atom is 0.331 e. The first-order chi connectivity index (χ1) is 13.0. The third-order valence-corrected chi connectivity index (χ3v) is 7.88. The van der Waals surface area contributed by atoms with Crippen molar-refractivity contribution in [1.29, 1.82) is 0 Å². The number of hydrogen-bond acceptors (Lipinski definition) is 4. The number of benzene rings is 1. The van der Waals surface area contributed by atoms with Crippen LogP contribution in [0.4, 0.5) is 0 Å². The van der Waals surface area contributed by atoms with Crippen LogP contribution in [0.25, 0.3) is 0 Å². The molecule has 6 rings (SSSR count). The number of esters is 1. The lowest BCUT2D eigenvalue weighted by atomic mass is 9.48. The van der Waals surface area contributed by atoms with Crippen LogP contribution in [0.1, 0.15) is 49.8 Å². The Morgan fingerprint density at radius 3 is 2.22 bits per heavy atom. The third kappa shape index (κ3) is 3.06. The van der Waals surface area contributed by atoms with E-state index in [9.17, 15) is 9.59 Å². The van der Waals surface area contributed by atoms with E-state index >= 15 is 0 Å². The minimum Gasteiger partial charge on any atom is -0.425 e. The predicted molar refractivity (Wildman–Crippen MR) is 105 cm³/mol. The average Bonchev–Trinajstić information content (AvgIpc) is 2.93. The molecule has 1 aromatic carbocycles. The molecule has 1 heterocycles. The molecule has 2 aromatic rings. The number of aryl methyl sites for hydroxylation is 1. The Kier molecular flexibility index (Phi) is 4.04. The molecule has 4 fully saturated rings. The molecule has 0 atom stereocenters. The number of ether oxygens (including phenoxy) is 1. The predicted octanol–water partition coefficient (Wildman–Crippen LogP) is 4.29. The van der Waals surface area contributed by atoms with Gasteiger partial charge in [-0.25, -0.2) is 4.79 Å². The normalized spacial score (nSPS) is 31.2. The third-order valence-electron chi connectivity index (χ3n) is 7.00. The molecule has 0 amide bonds. The second-order valence-corrected chi connectivity index (χ2v) is 9.75. The van der Waals surface area contributed by atoms with Crippen LogP contribution in [0.5, 0.6) is 5.75 Å². The lowest BCUT2D eigenvalue weighted by Gasteiger charge is -2.57. The minimum atomic E-state index is -0.402. The van der Waals surface area contributed by atoms with Gasteiger partial charge in [0.15, 0.2) is 0 Å². The Balaban J connectivity index is 1.29. The summed E-state index contributed by atoms with van der Waals surface area (Å²) in [5, 5.41) is 1.76. The van der Waals surface area contributed by atoms with Crippen molar-refractivity contribution < 1.29 is 9.53 Å². The molecular formula is C22H25NO3S. The van der Waals surface area contributed by atoms with Crippen molar-refractivity contribution in [2.45, 2.75) is 57.4 Å². The SMILES string of the molecule is Cc1csc(=O)n1CC(=O)Oc1ccc(C23CC4CC(CC(C4)C2)C3)cc1. The molecule has 4 nitrogen and oxygen atoms in total. The summed E-state index contributed by atoms with van der Waals surface area (Å²) in [6.45, 7) is 1.79. The average molecular weight is 384 g/mol. The Morgan fingerprint density at radius 1 is 1.11 bits per heavy atom. The highest BCUT2D eigenvalue weighted by atomic mass is 32.1. The number of rotatable bonds is 4. The highest BCUT2D eigenvalue weighted by Crippen LogP contribution is 2.60. The number of thiazole rings is 1. The highest BCUT2D eigenvalue weighted by molar-refractivity contribution is 7.07. The van der Waals surface area contributed by atoms with E-state index in [4.69, 9.17) is 4.74 Å². The summed E-state index contributed by atoms with van der Waals surface area (Å²) in [4.78, 5) is 23.8. The smallest absolute Gasteiger partial charge is 0.331 e. The number of hydrogen-bond donors (Lipinski definition) is 0. The minimum absolute atomic E-state index is 0.0368. The first-order valence-corrected chi connectivity index (χ1v) is 10.8. The van der Waals surface area contributed by atoms with E-state index in [0.717, 1.165) is 34.8 Å². The molecule has 0 spiro atoms. The number of nitrogens with zero attached hydrogens (tertiary/aromatic N) is 1. The summed E-state index contributed by atoms with van der Waals surface area (Å²) in [5.74, 6) is 2.92. The van der Waals surface area contributed by atoms with Crippen LogP contribution < -0.4 is 9.61 Å². The van der Waals surface area contributed by atoms with Crippen molar-refractivity contribution in [3.8, 4) is 5.75 Å². The van der Waals surface area contributed by atoms with E-state index in [1.54, 1.807) is 5.38 Å². The second-order valence-electron chi connectivity index (χ2n) is 8.93. The lowest BCUT2D eigenvalue weighted by Crippen LogP contribution is -2.48. The Morgan fingerprint density at radius 2 is 1.70 bits per heavy atom. The van der Waals surface area contributed by atoms with E-state index in [2.05, 4.69) is 12.1 Å². The Hall–Kier alpha value is -1.88. The van der Waals surface area contributed by atoms with Gasteiger partial charge in [-0.3, -0.25) is 9.36 Å². The summed E-state index contributed by atoms with van der Waals surface area (Å²) in [5.41, 5.74) is 2.57. The summed E-state index contributed by atoms with van der Waals surface area (Å²) in [7, 11) is 0. The van der Waals surface area contributed by atoms with Crippen molar-refractivity contribution in [3.63, 3.8) is 0 Å². The number of aromatic nitrogens is 1. The number of carbonyl (C=O) groups excluding carboxylic acids is 1. The van der Waals surface area contributed by atoms with Gasteiger partial charge in [-0.15, -0.1) is 0 Å². The molecule has 142 valence electrons. The van der Waals surface area contributed by atoms with Crippen LogP contribution in [-0.2, 0) is 16.8 Å². The lowest BCUT2D eigenvalue weighted by molar-refractivity contribution is -0.135. The van der Waals surface area contributed by atoms with E-state index < -0.39 is 5.97 Å². The molecular weight excluding hydrogens is 358 g/mol.